The second-order valence-electron chi connectivity index (χ2n) is 11.9. The van der Waals surface area contributed by atoms with Crippen LogP contribution in [0.1, 0.15) is 33.6 Å². The van der Waals surface area contributed by atoms with Crippen LogP contribution >= 0.6 is 0 Å². The smallest absolute Gasteiger partial charge is 0.410 e. The minimum Gasteiger partial charge on any atom is -0.444 e. The summed E-state index contributed by atoms with van der Waals surface area (Å²) in [6.07, 6.45) is 11.3. The van der Waals surface area contributed by atoms with Crippen molar-refractivity contribution >= 4 is 11.9 Å². The number of nitrogens with one attached hydrogen (secondary N) is 1. The molecule has 1 aromatic carbocycles. The van der Waals surface area contributed by atoms with Gasteiger partial charge in [-0.15, -0.1) is 0 Å². The van der Waals surface area contributed by atoms with Crippen molar-refractivity contribution in [3.63, 3.8) is 0 Å². The van der Waals surface area contributed by atoms with Crippen LogP contribution < -0.4 is 5.32 Å². The van der Waals surface area contributed by atoms with Crippen molar-refractivity contribution in [2.75, 3.05) is 18.4 Å². The lowest BCUT2D eigenvalue weighted by Crippen LogP contribution is -2.66. The highest BCUT2D eigenvalue weighted by Crippen LogP contribution is 2.50. The van der Waals surface area contributed by atoms with Crippen molar-refractivity contribution < 1.29 is 9.53 Å². The summed E-state index contributed by atoms with van der Waals surface area (Å²) in [6.45, 7) is 7.18. The number of likely N-dealkylation sites (tertiary alicyclic amines) is 1. The summed E-state index contributed by atoms with van der Waals surface area (Å²) < 4.78 is 9.10. The van der Waals surface area contributed by atoms with Gasteiger partial charge in [-0.05, 0) is 45.2 Å². The monoisotopic (exact) mass is 526 g/mol. The predicted octanol–water partition coefficient (Wildman–Crippen LogP) is 4.76. The molecule has 0 unspecified atom stereocenters. The number of anilines is 1. The van der Waals surface area contributed by atoms with Gasteiger partial charge in [-0.1, -0.05) is 18.2 Å². The second-order valence-corrected chi connectivity index (χ2v) is 11.9. The number of aromatic nitrogens is 6. The van der Waals surface area contributed by atoms with Gasteiger partial charge in [0.2, 0.25) is 0 Å². The number of nitrogens with zero attached hydrogens (tertiary/aromatic N) is 7. The summed E-state index contributed by atoms with van der Waals surface area (Å²) in [5.41, 5.74) is 4.62. The topological polar surface area (TPSA) is 103 Å². The third-order valence-corrected chi connectivity index (χ3v) is 7.37. The summed E-state index contributed by atoms with van der Waals surface area (Å²) in [6, 6.07) is 8.48. The zero-order valence-electron chi connectivity index (χ0n) is 23.0. The molecule has 3 aromatic heterocycles. The first-order valence-electron chi connectivity index (χ1n) is 13.3. The van der Waals surface area contributed by atoms with Crippen molar-refractivity contribution in [1.29, 1.82) is 0 Å². The Labute approximate surface area is 228 Å². The number of carbonyl (C=O) groups excluding carboxylic acids is 1. The molecule has 2 fully saturated rings. The van der Waals surface area contributed by atoms with Crippen LogP contribution in [0.25, 0.3) is 33.6 Å². The number of benzene rings is 1. The molecule has 1 spiro atoms. The summed E-state index contributed by atoms with van der Waals surface area (Å²) in [7, 11) is 3.81. The third-order valence-electron chi connectivity index (χ3n) is 7.37. The number of aryl methyl sites for hydroxylation is 2. The molecular formula is C29H34N8O2. The summed E-state index contributed by atoms with van der Waals surface area (Å²) in [5.74, 6) is 1.45. The van der Waals surface area contributed by atoms with E-state index in [1.165, 1.54) is 0 Å². The largest absolute Gasteiger partial charge is 0.444 e. The molecule has 1 amide bonds. The number of hydrogen-bond acceptors (Lipinski definition) is 7. The lowest BCUT2D eigenvalue weighted by atomic mass is 9.61. The molecule has 2 aliphatic rings. The summed E-state index contributed by atoms with van der Waals surface area (Å²) in [5, 5.41) is 12.3. The zero-order valence-corrected chi connectivity index (χ0v) is 23.0. The van der Waals surface area contributed by atoms with Gasteiger partial charge in [-0.2, -0.15) is 10.2 Å². The molecule has 1 saturated carbocycles. The van der Waals surface area contributed by atoms with Gasteiger partial charge >= 0.3 is 6.09 Å². The lowest BCUT2D eigenvalue weighted by molar-refractivity contribution is -0.0739. The van der Waals surface area contributed by atoms with Crippen molar-refractivity contribution in [3.8, 4) is 33.6 Å². The van der Waals surface area contributed by atoms with Crippen LogP contribution in [0.5, 0.6) is 0 Å². The number of ether oxygens (including phenoxy) is 1. The Balaban J connectivity index is 1.21. The summed E-state index contributed by atoms with van der Waals surface area (Å²) in [4.78, 5) is 23.9. The fraction of sp³-hybridized carbons (Fsp3) is 0.414. The maximum absolute atomic E-state index is 12.4. The molecular weight excluding hydrogens is 492 g/mol. The molecule has 202 valence electrons. The molecule has 10 heteroatoms. The molecule has 4 heterocycles. The SMILES string of the molecule is Cn1cc(-c2cccc(-c3ncc(-c4cnn(C)c4)c(NC4CC5(C4)CN(C(=O)OC(C)(C)C)C5)n3)c2)cn1. The van der Waals surface area contributed by atoms with Crippen LogP contribution in [-0.4, -0.2) is 65.3 Å². The molecule has 6 rings (SSSR count). The quantitative estimate of drug-likeness (QED) is 0.400. The van der Waals surface area contributed by atoms with Crippen LogP contribution in [0, 0.1) is 5.41 Å². The number of amides is 1. The number of carbonyl (C=O) groups is 1. The minimum absolute atomic E-state index is 0.164. The standard InChI is InChI=1S/C29H34N8O2/c1-28(2,3)39-27(38)37-17-29(18-37)10-23(11-29)33-26-24(22-13-32-36(5)16-22)14-30-25(34-26)20-8-6-7-19(9-20)21-12-31-35(4)15-21/h6-9,12-16,23H,10-11,17-18H2,1-5H3,(H,30,33,34). The Bertz CT molecular complexity index is 1520. The first-order chi connectivity index (χ1) is 18.6. The number of hydrogen-bond donors (Lipinski definition) is 1. The summed E-state index contributed by atoms with van der Waals surface area (Å²) >= 11 is 0. The Morgan fingerprint density at radius 3 is 2.28 bits per heavy atom. The molecule has 10 nitrogen and oxygen atoms in total. The molecule has 4 aromatic rings. The van der Waals surface area contributed by atoms with E-state index in [-0.39, 0.29) is 17.6 Å². The predicted molar refractivity (Wildman–Crippen MR) is 149 cm³/mol. The normalized spacial score (nSPS) is 16.6. The molecule has 1 aliphatic carbocycles. The van der Waals surface area contributed by atoms with E-state index >= 15 is 0 Å². The average Bonchev–Trinajstić information content (AvgIpc) is 3.46. The molecule has 0 radical (unpaired) electrons. The first-order valence-corrected chi connectivity index (χ1v) is 13.3. The van der Waals surface area contributed by atoms with E-state index in [9.17, 15) is 4.79 Å². The highest BCUT2D eigenvalue weighted by molar-refractivity contribution is 5.77. The third kappa shape index (κ3) is 5.10. The van der Waals surface area contributed by atoms with E-state index in [1.54, 1.807) is 14.3 Å². The zero-order chi connectivity index (χ0) is 27.4. The van der Waals surface area contributed by atoms with Gasteiger partial charge in [-0.3, -0.25) is 9.36 Å². The molecule has 0 bridgehead atoms. The fourth-order valence-corrected chi connectivity index (χ4v) is 5.57. The molecule has 0 atom stereocenters. The Kier molecular flexibility index (Phi) is 5.93. The van der Waals surface area contributed by atoms with Crippen LogP contribution in [0.4, 0.5) is 10.6 Å². The van der Waals surface area contributed by atoms with E-state index in [1.807, 2.05) is 78.0 Å². The van der Waals surface area contributed by atoms with Gasteiger partial charge in [0, 0.05) is 79.5 Å². The Morgan fingerprint density at radius 1 is 0.974 bits per heavy atom. The van der Waals surface area contributed by atoms with E-state index in [2.05, 4.69) is 27.6 Å². The van der Waals surface area contributed by atoms with Gasteiger partial charge in [-0.25, -0.2) is 14.8 Å². The van der Waals surface area contributed by atoms with Crippen molar-refractivity contribution in [2.24, 2.45) is 19.5 Å². The van der Waals surface area contributed by atoms with Gasteiger partial charge in [0.15, 0.2) is 5.82 Å². The molecule has 39 heavy (non-hydrogen) atoms. The second kappa shape index (κ2) is 9.21. The van der Waals surface area contributed by atoms with Crippen LogP contribution in [-0.2, 0) is 18.8 Å². The van der Waals surface area contributed by atoms with Crippen molar-refractivity contribution in [2.45, 2.75) is 45.3 Å². The molecule has 1 aliphatic heterocycles. The van der Waals surface area contributed by atoms with E-state index in [0.717, 1.165) is 59.6 Å². The lowest BCUT2D eigenvalue weighted by Gasteiger charge is -2.58. The van der Waals surface area contributed by atoms with Gasteiger partial charge in [0.05, 0.1) is 12.4 Å². The fourth-order valence-electron chi connectivity index (χ4n) is 5.57. The Morgan fingerprint density at radius 2 is 1.64 bits per heavy atom. The van der Waals surface area contributed by atoms with Crippen LogP contribution in [0.2, 0.25) is 0 Å². The maximum Gasteiger partial charge on any atom is 0.410 e. The van der Waals surface area contributed by atoms with E-state index in [4.69, 9.17) is 14.7 Å². The highest BCUT2D eigenvalue weighted by Gasteiger charge is 2.54. The highest BCUT2D eigenvalue weighted by atomic mass is 16.6. The maximum atomic E-state index is 12.4. The average molecular weight is 527 g/mol. The van der Waals surface area contributed by atoms with Crippen LogP contribution in [0.3, 0.4) is 0 Å². The Hall–Kier alpha value is -4.21. The molecule has 1 saturated heterocycles. The van der Waals surface area contributed by atoms with Gasteiger partial charge < -0.3 is 15.0 Å². The van der Waals surface area contributed by atoms with Crippen molar-refractivity contribution in [3.05, 3.63) is 55.2 Å². The van der Waals surface area contributed by atoms with E-state index < -0.39 is 5.60 Å². The minimum atomic E-state index is -0.478. The first kappa shape index (κ1) is 25.1. The van der Waals surface area contributed by atoms with Gasteiger partial charge in [0.25, 0.3) is 0 Å². The van der Waals surface area contributed by atoms with E-state index in [0.29, 0.717) is 5.82 Å². The van der Waals surface area contributed by atoms with Crippen molar-refractivity contribution in [1.82, 2.24) is 34.4 Å². The van der Waals surface area contributed by atoms with Crippen LogP contribution in [0.15, 0.2) is 55.2 Å². The van der Waals surface area contributed by atoms with Gasteiger partial charge in [0.1, 0.15) is 11.4 Å². The number of rotatable bonds is 5. The molecule has 1 N–H and O–H groups in total.